The van der Waals surface area contributed by atoms with E-state index in [0.717, 1.165) is 35.3 Å². The van der Waals surface area contributed by atoms with Crippen LogP contribution in [0.3, 0.4) is 0 Å². The first-order valence-electron chi connectivity index (χ1n) is 22.5. The van der Waals surface area contributed by atoms with Crippen LogP contribution in [0.1, 0.15) is 142 Å². The number of rotatable bonds is 46. The minimum absolute atomic E-state index is 0.558. The van der Waals surface area contributed by atoms with Crippen LogP contribution in [0.2, 0.25) is 0 Å². The van der Waals surface area contributed by atoms with Crippen LogP contribution in [0.15, 0.2) is 0 Å². The zero-order valence-corrected chi connectivity index (χ0v) is 36.6. The Kier molecular flexibility index (Phi) is 41.0. The van der Waals surface area contributed by atoms with E-state index in [1.165, 1.54) is 142 Å². The highest BCUT2D eigenvalue weighted by Gasteiger charge is 2.15. The lowest BCUT2D eigenvalue weighted by atomic mass is 10.1. The molecule has 0 saturated heterocycles. The molecule has 0 saturated carbocycles. The predicted molar refractivity (Wildman–Crippen MR) is 223 cm³/mol. The van der Waals surface area contributed by atoms with Crippen molar-refractivity contribution in [1.29, 1.82) is 0 Å². The predicted octanol–water partition coefficient (Wildman–Crippen LogP) is 9.10. The number of likely N-dealkylation sites (N-methyl/N-ethyl adjacent to an activating group) is 2. The van der Waals surface area contributed by atoms with Gasteiger partial charge in [0.2, 0.25) is 0 Å². The summed E-state index contributed by atoms with van der Waals surface area (Å²) in [6.07, 6.45) is 27.8. The Morgan fingerprint density at radius 3 is 0.642 bits per heavy atom. The second kappa shape index (κ2) is 41.3. The minimum atomic E-state index is 0.558. The van der Waals surface area contributed by atoms with Crippen molar-refractivity contribution >= 4 is 0 Å². The van der Waals surface area contributed by atoms with Gasteiger partial charge in [-0.05, 0) is 25.7 Å². The van der Waals surface area contributed by atoms with Crippen LogP contribution in [0.4, 0.5) is 0 Å². The molecule has 9 heteroatoms. The maximum absolute atomic E-state index is 5.81. The molecular formula is C44H94N2O7+2. The molecule has 0 spiro atoms. The summed E-state index contributed by atoms with van der Waals surface area (Å²) in [6, 6.07) is 0. The Labute approximate surface area is 330 Å². The van der Waals surface area contributed by atoms with E-state index in [2.05, 4.69) is 42.0 Å². The summed E-state index contributed by atoms with van der Waals surface area (Å²) in [5.74, 6) is 0. The highest BCUT2D eigenvalue weighted by molar-refractivity contribution is 4.50. The van der Waals surface area contributed by atoms with Crippen LogP contribution in [0.25, 0.3) is 0 Å². The summed E-state index contributed by atoms with van der Waals surface area (Å²) in [4.78, 5) is 0. The van der Waals surface area contributed by atoms with Gasteiger partial charge in [0.25, 0.3) is 0 Å². The van der Waals surface area contributed by atoms with Crippen LogP contribution in [0, 0.1) is 0 Å². The van der Waals surface area contributed by atoms with Gasteiger partial charge in [-0.3, -0.25) is 0 Å². The van der Waals surface area contributed by atoms with Crippen LogP contribution in [0.5, 0.6) is 0 Å². The molecule has 0 aliphatic carbocycles. The van der Waals surface area contributed by atoms with Crippen LogP contribution in [-0.4, -0.2) is 156 Å². The normalized spacial score (nSPS) is 12.3. The summed E-state index contributed by atoms with van der Waals surface area (Å²) >= 11 is 0. The van der Waals surface area contributed by atoms with Gasteiger partial charge in [0, 0.05) is 0 Å². The molecule has 0 heterocycles. The van der Waals surface area contributed by atoms with Gasteiger partial charge in [-0.1, -0.05) is 117 Å². The lowest BCUT2D eigenvalue weighted by molar-refractivity contribution is -0.891. The van der Waals surface area contributed by atoms with Gasteiger partial charge in [0.1, 0.15) is 13.1 Å². The average Bonchev–Trinajstić information content (AvgIpc) is 3.13. The molecule has 0 fully saturated rings. The molecule has 0 aromatic heterocycles. The van der Waals surface area contributed by atoms with Crippen molar-refractivity contribution in [3.05, 3.63) is 0 Å². The van der Waals surface area contributed by atoms with Crippen molar-refractivity contribution < 1.29 is 42.1 Å². The van der Waals surface area contributed by atoms with Crippen LogP contribution >= 0.6 is 0 Å². The molecule has 0 rings (SSSR count). The second-order valence-corrected chi connectivity index (χ2v) is 16.4. The molecule has 9 nitrogen and oxygen atoms in total. The Bertz CT molecular complexity index is 643. The number of ether oxygens (including phenoxy) is 7. The molecule has 0 atom stereocenters. The molecule has 0 radical (unpaired) electrons. The molecule has 320 valence electrons. The minimum Gasteiger partial charge on any atom is -0.377 e. The fourth-order valence-corrected chi connectivity index (χ4v) is 6.32. The summed E-state index contributed by atoms with van der Waals surface area (Å²) in [6.45, 7) is 17.7. The van der Waals surface area contributed by atoms with Gasteiger partial charge in [0.05, 0.1) is 134 Å². The van der Waals surface area contributed by atoms with Crippen molar-refractivity contribution in [1.82, 2.24) is 0 Å². The van der Waals surface area contributed by atoms with Gasteiger partial charge >= 0.3 is 0 Å². The first-order valence-corrected chi connectivity index (χ1v) is 22.5. The number of quaternary nitrogens is 2. The third-order valence-electron chi connectivity index (χ3n) is 10.1. The molecule has 0 unspecified atom stereocenters. The number of nitrogens with zero attached hydrogens (tertiary/aromatic N) is 2. The van der Waals surface area contributed by atoms with E-state index in [1.807, 2.05) is 0 Å². The van der Waals surface area contributed by atoms with Crippen LogP contribution in [-0.2, 0) is 33.2 Å². The van der Waals surface area contributed by atoms with Gasteiger partial charge in [-0.2, -0.15) is 0 Å². The van der Waals surface area contributed by atoms with Crippen molar-refractivity contribution in [2.24, 2.45) is 0 Å². The van der Waals surface area contributed by atoms with Crippen molar-refractivity contribution in [2.45, 2.75) is 142 Å². The van der Waals surface area contributed by atoms with E-state index in [9.17, 15) is 0 Å². The number of hydrogen-bond donors (Lipinski definition) is 0. The summed E-state index contributed by atoms with van der Waals surface area (Å²) in [5, 5.41) is 0. The van der Waals surface area contributed by atoms with Crippen molar-refractivity contribution in [3.63, 3.8) is 0 Å². The Morgan fingerprint density at radius 1 is 0.226 bits per heavy atom. The Balaban J connectivity index is 3.30. The summed E-state index contributed by atoms with van der Waals surface area (Å²) in [7, 11) is 9.26. The van der Waals surface area contributed by atoms with Crippen LogP contribution < -0.4 is 0 Å². The van der Waals surface area contributed by atoms with Crippen molar-refractivity contribution in [2.75, 3.05) is 147 Å². The molecule has 0 bridgehead atoms. The van der Waals surface area contributed by atoms with E-state index in [-0.39, 0.29) is 0 Å². The summed E-state index contributed by atoms with van der Waals surface area (Å²) < 4.78 is 41.7. The fraction of sp³-hybridized carbons (Fsp3) is 1.00. The highest BCUT2D eigenvalue weighted by Crippen LogP contribution is 2.13. The van der Waals surface area contributed by atoms with Gasteiger partial charge in [-0.25, -0.2) is 0 Å². The fourth-order valence-electron chi connectivity index (χ4n) is 6.32. The van der Waals surface area contributed by atoms with Gasteiger partial charge in [-0.15, -0.1) is 0 Å². The van der Waals surface area contributed by atoms with E-state index in [4.69, 9.17) is 33.2 Å². The molecule has 53 heavy (non-hydrogen) atoms. The molecule has 0 aliphatic heterocycles. The SMILES string of the molecule is CCCCCCCCCCCC[N+](C)(C)CCOCCOCCOCCOCCOCCOCCOCC[N+](C)(C)CCCCCCCCCCCC. The number of hydrogen-bond acceptors (Lipinski definition) is 7. The topological polar surface area (TPSA) is 64.6 Å². The van der Waals surface area contributed by atoms with E-state index < -0.39 is 0 Å². The standard InChI is InChI=1S/C44H94N2O7/c1-7-9-11-13-15-17-19-21-23-25-27-45(3,4)29-31-47-33-35-49-37-39-51-41-43-53-44-42-52-40-38-50-36-34-48-32-30-46(5,6)28-26-24-22-20-18-16-14-12-10-8-2/h7-44H2,1-6H3/q+2. The third kappa shape index (κ3) is 44.2. The van der Waals surface area contributed by atoms with Crippen molar-refractivity contribution in [3.8, 4) is 0 Å². The zero-order valence-electron chi connectivity index (χ0n) is 36.6. The first kappa shape index (κ1) is 52.6. The molecule has 0 amide bonds. The molecule has 0 aromatic carbocycles. The zero-order chi connectivity index (χ0) is 38.8. The second-order valence-electron chi connectivity index (χ2n) is 16.4. The Hall–Kier alpha value is -0.360. The maximum atomic E-state index is 5.81. The molecule has 0 aliphatic rings. The molecular weight excluding hydrogens is 668 g/mol. The highest BCUT2D eigenvalue weighted by atomic mass is 16.6. The lowest BCUT2D eigenvalue weighted by Crippen LogP contribution is -2.43. The average molecular weight is 763 g/mol. The Morgan fingerprint density at radius 2 is 0.415 bits per heavy atom. The largest absolute Gasteiger partial charge is 0.377 e. The first-order chi connectivity index (χ1) is 25.8. The van der Waals surface area contributed by atoms with Gasteiger partial charge < -0.3 is 42.1 Å². The maximum Gasteiger partial charge on any atom is 0.102 e. The lowest BCUT2D eigenvalue weighted by Gasteiger charge is -2.29. The van der Waals surface area contributed by atoms with E-state index in [1.54, 1.807) is 0 Å². The van der Waals surface area contributed by atoms with E-state index in [0.29, 0.717) is 79.3 Å². The molecule has 0 aromatic rings. The number of unbranched alkanes of at least 4 members (excludes halogenated alkanes) is 18. The monoisotopic (exact) mass is 763 g/mol. The van der Waals surface area contributed by atoms with Gasteiger partial charge in [0.15, 0.2) is 0 Å². The smallest absolute Gasteiger partial charge is 0.102 e. The summed E-state index contributed by atoms with van der Waals surface area (Å²) in [5.41, 5.74) is 0. The third-order valence-corrected chi connectivity index (χ3v) is 10.1. The molecule has 0 N–H and O–H groups in total. The van der Waals surface area contributed by atoms with E-state index >= 15 is 0 Å². The quantitative estimate of drug-likeness (QED) is 0.0453.